The molecule has 0 aliphatic rings. The number of furan rings is 1. The molecule has 0 bridgehead atoms. The Kier molecular flexibility index (Phi) is 2.79. The molecular weight excluding hydrogens is 256 g/mol. The molecule has 19 heavy (non-hydrogen) atoms. The Morgan fingerprint density at radius 3 is 2.32 bits per heavy atom. The number of hydrogen-bond donors (Lipinski definition) is 4. The summed E-state index contributed by atoms with van der Waals surface area (Å²) in [5.74, 6) is -3.08. The normalized spacial score (nSPS) is 10.3. The zero-order chi connectivity index (χ0) is 14.2. The van der Waals surface area contributed by atoms with Gasteiger partial charge in [-0.25, -0.2) is 19.6 Å². The van der Waals surface area contributed by atoms with E-state index in [9.17, 15) is 9.59 Å². The van der Waals surface area contributed by atoms with Gasteiger partial charge in [0.05, 0.1) is 5.56 Å². The van der Waals surface area contributed by atoms with Crippen LogP contribution < -0.4 is 11.5 Å². The Morgan fingerprint density at radius 1 is 1.11 bits per heavy atom. The summed E-state index contributed by atoms with van der Waals surface area (Å²) in [6.45, 7) is 0. The van der Waals surface area contributed by atoms with Gasteiger partial charge in [0.1, 0.15) is 6.26 Å². The topological polar surface area (TPSA) is 166 Å². The van der Waals surface area contributed by atoms with Gasteiger partial charge >= 0.3 is 11.9 Å². The van der Waals surface area contributed by atoms with Crippen molar-refractivity contribution in [3.05, 3.63) is 23.6 Å². The van der Waals surface area contributed by atoms with Crippen LogP contribution in [0, 0.1) is 0 Å². The van der Waals surface area contributed by atoms with Crippen molar-refractivity contribution in [1.82, 2.24) is 9.97 Å². The number of nitrogen functional groups attached to an aromatic ring is 2. The Balaban J connectivity index is 2.53. The van der Waals surface area contributed by atoms with E-state index in [1.807, 2.05) is 0 Å². The molecule has 0 spiro atoms. The molecule has 0 aliphatic carbocycles. The van der Waals surface area contributed by atoms with Crippen molar-refractivity contribution >= 4 is 23.6 Å². The molecule has 0 saturated carbocycles. The Bertz CT molecular complexity index is 679. The molecule has 0 saturated heterocycles. The highest BCUT2D eigenvalue weighted by Crippen LogP contribution is 2.26. The van der Waals surface area contributed by atoms with Gasteiger partial charge in [-0.3, -0.25) is 0 Å². The molecule has 0 amide bonds. The number of carboxylic acid groups (broad SMARTS) is 2. The second-order valence-electron chi connectivity index (χ2n) is 3.50. The zero-order valence-corrected chi connectivity index (χ0v) is 9.32. The summed E-state index contributed by atoms with van der Waals surface area (Å²) in [4.78, 5) is 28.8. The van der Waals surface area contributed by atoms with Crippen molar-refractivity contribution in [2.75, 3.05) is 11.5 Å². The number of carbonyl (C=O) groups is 2. The molecule has 0 unspecified atom stereocenters. The minimum absolute atomic E-state index is 0.0185. The van der Waals surface area contributed by atoms with E-state index in [0.29, 0.717) is 0 Å². The van der Waals surface area contributed by atoms with Crippen LogP contribution >= 0.6 is 0 Å². The lowest BCUT2D eigenvalue weighted by atomic mass is 10.2. The largest absolute Gasteiger partial charge is 0.478 e. The predicted molar refractivity (Wildman–Crippen MR) is 62.5 cm³/mol. The fraction of sp³-hybridized carbons (Fsp3) is 0. The van der Waals surface area contributed by atoms with Gasteiger partial charge in [-0.05, 0) is 0 Å². The standard InChI is InChI=1S/C10H8N4O5/c11-7-5(4-1-3(2-19-4)9(15)16)13-8(12)6(14-7)10(17)18/h1-2H,(H2,11,14)(H2,12,13)(H,15,16)(H,17,18). The van der Waals surface area contributed by atoms with Gasteiger partial charge in [0.25, 0.3) is 0 Å². The van der Waals surface area contributed by atoms with Gasteiger partial charge in [-0.1, -0.05) is 0 Å². The average molecular weight is 264 g/mol. The molecule has 0 fully saturated rings. The van der Waals surface area contributed by atoms with Gasteiger partial charge < -0.3 is 26.1 Å². The molecule has 9 heteroatoms. The second-order valence-corrected chi connectivity index (χ2v) is 3.50. The number of rotatable bonds is 3. The van der Waals surface area contributed by atoms with Gasteiger partial charge in [0, 0.05) is 6.07 Å². The highest BCUT2D eigenvalue weighted by atomic mass is 16.4. The van der Waals surface area contributed by atoms with E-state index in [4.69, 9.17) is 26.1 Å². The monoisotopic (exact) mass is 264 g/mol. The van der Waals surface area contributed by atoms with Crippen molar-refractivity contribution < 1.29 is 24.2 Å². The third-order valence-electron chi connectivity index (χ3n) is 2.23. The minimum atomic E-state index is -1.37. The molecule has 2 aromatic rings. The van der Waals surface area contributed by atoms with Crippen LogP contribution in [0.2, 0.25) is 0 Å². The van der Waals surface area contributed by atoms with Crippen molar-refractivity contribution in [2.45, 2.75) is 0 Å². The second kappa shape index (κ2) is 4.29. The third kappa shape index (κ3) is 2.16. The SMILES string of the molecule is Nc1nc(-c2cc(C(=O)O)co2)c(N)nc1C(=O)O. The van der Waals surface area contributed by atoms with Crippen molar-refractivity contribution in [2.24, 2.45) is 0 Å². The van der Waals surface area contributed by atoms with E-state index in [1.165, 1.54) is 6.07 Å². The highest BCUT2D eigenvalue weighted by Gasteiger charge is 2.19. The summed E-state index contributed by atoms with van der Waals surface area (Å²) in [6, 6.07) is 1.18. The summed E-state index contributed by atoms with van der Waals surface area (Å²) in [5, 5.41) is 17.5. The van der Waals surface area contributed by atoms with E-state index >= 15 is 0 Å². The number of hydrogen-bond acceptors (Lipinski definition) is 7. The van der Waals surface area contributed by atoms with Gasteiger partial charge in [0.2, 0.25) is 0 Å². The van der Waals surface area contributed by atoms with Crippen molar-refractivity contribution in [3.63, 3.8) is 0 Å². The van der Waals surface area contributed by atoms with E-state index in [1.54, 1.807) is 0 Å². The van der Waals surface area contributed by atoms with Crippen molar-refractivity contribution in [3.8, 4) is 11.5 Å². The fourth-order valence-corrected chi connectivity index (χ4v) is 1.37. The van der Waals surface area contributed by atoms with Crippen LogP contribution in [0.25, 0.3) is 11.5 Å². The first-order valence-corrected chi connectivity index (χ1v) is 4.88. The van der Waals surface area contributed by atoms with Crippen molar-refractivity contribution in [1.29, 1.82) is 0 Å². The van der Waals surface area contributed by atoms with Gasteiger partial charge in [-0.2, -0.15) is 0 Å². The number of carboxylic acids is 2. The van der Waals surface area contributed by atoms with E-state index in [0.717, 1.165) is 6.26 Å². The molecular formula is C10H8N4O5. The molecule has 0 atom stereocenters. The number of nitrogens with two attached hydrogens (primary N) is 2. The molecule has 2 rings (SSSR count). The molecule has 6 N–H and O–H groups in total. The van der Waals surface area contributed by atoms with Crippen LogP contribution in [0.15, 0.2) is 16.7 Å². The minimum Gasteiger partial charge on any atom is -0.478 e. The molecule has 98 valence electrons. The van der Waals surface area contributed by atoms with E-state index in [2.05, 4.69) is 9.97 Å². The van der Waals surface area contributed by atoms with Crippen LogP contribution in [0.1, 0.15) is 20.8 Å². The quantitative estimate of drug-likeness (QED) is 0.609. The molecule has 2 heterocycles. The number of nitrogens with zero attached hydrogens (tertiary/aromatic N) is 2. The van der Waals surface area contributed by atoms with Crippen LogP contribution in [-0.4, -0.2) is 32.1 Å². The highest BCUT2D eigenvalue weighted by molar-refractivity contribution is 5.92. The average Bonchev–Trinajstić information content (AvgIpc) is 2.80. The summed E-state index contributed by atoms with van der Waals surface area (Å²) in [5.41, 5.74) is 10.4. The lowest BCUT2D eigenvalue weighted by molar-refractivity contribution is 0.0682. The lowest BCUT2D eigenvalue weighted by Crippen LogP contribution is -2.11. The Hall–Kier alpha value is -3.10. The fourth-order valence-electron chi connectivity index (χ4n) is 1.37. The van der Waals surface area contributed by atoms with Crippen LogP contribution in [0.3, 0.4) is 0 Å². The molecule has 0 radical (unpaired) electrons. The van der Waals surface area contributed by atoms with E-state index < -0.39 is 17.6 Å². The zero-order valence-electron chi connectivity index (χ0n) is 9.32. The first-order chi connectivity index (χ1) is 8.90. The van der Waals surface area contributed by atoms with Gasteiger partial charge in [-0.15, -0.1) is 0 Å². The lowest BCUT2D eigenvalue weighted by Gasteiger charge is -2.04. The predicted octanol–water partition coefficient (Wildman–Crippen LogP) is 0.297. The van der Waals surface area contributed by atoms with Crippen LogP contribution in [0.4, 0.5) is 11.6 Å². The number of anilines is 2. The molecule has 9 nitrogen and oxygen atoms in total. The maximum atomic E-state index is 10.8. The molecule has 2 aromatic heterocycles. The summed E-state index contributed by atoms with van der Waals surface area (Å²) >= 11 is 0. The maximum Gasteiger partial charge on any atom is 0.358 e. The van der Waals surface area contributed by atoms with Crippen LogP contribution in [0.5, 0.6) is 0 Å². The smallest absolute Gasteiger partial charge is 0.358 e. The number of aromatic nitrogens is 2. The molecule has 0 aliphatic heterocycles. The Labute approximate surface area is 105 Å². The maximum absolute atomic E-state index is 10.8. The van der Waals surface area contributed by atoms with Crippen LogP contribution in [-0.2, 0) is 0 Å². The number of aromatic carboxylic acids is 2. The summed E-state index contributed by atoms with van der Waals surface area (Å²) < 4.78 is 4.98. The Morgan fingerprint density at radius 2 is 1.79 bits per heavy atom. The third-order valence-corrected chi connectivity index (χ3v) is 2.23. The first kappa shape index (κ1) is 12.4. The van der Waals surface area contributed by atoms with E-state index in [-0.39, 0.29) is 28.7 Å². The first-order valence-electron chi connectivity index (χ1n) is 4.88. The van der Waals surface area contributed by atoms with Gasteiger partial charge in [0.15, 0.2) is 28.8 Å². The molecule has 0 aromatic carbocycles. The summed E-state index contributed by atoms with van der Waals surface area (Å²) in [7, 11) is 0. The summed E-state index contributed by atoms with van der Waals surface area (Å²) in [6.07, 6.45) is 1.00.